The summed E-state index contributed by atoms with van der Waals surface area (Å²) >= 11 is 7.45. The highest BCUT2D eigenvalue weighted by Gasteiger charge is 2.19. The van der Waals surface area contributed by atoms with Crippen molar-refractivity contribution in [3.8, 4) is 11.4 Å². The van der Waals surface area contributed by atoms with Gasteiger partial charge in [-0.15, -0.1) is 10.2 Å². The molecule has 0 fully saturated rings. The molecule has 1 N–H and O–H groups in total. The van der Waals surface area contributed by atoms with Crippen LogP contribution in [0, 0.1) is 0 Å². The van der Waals surface area contributed by atoms with Crippen molar-refractivity contribution in [1.82, 2.24) is 14.8 Å². The second-order valence-electron chi connectivity index (χ2n) is 6.89. The topological polar surface area (TPSA) is 69.0 Å². The van der Waals surface area contributed by atoms with Gasteiger partial charge in [0.15, 0.2) is 5.16 Å². The molecule has 0 atom stereocenters. The van der Waals surface area contributed by atoms with Crippen LogP contribution >= 0.6 is 23.4 Å². The lowest BCUT2D eigenvalue weighted by atomic mass is 10.1. The molecule has 0 spiro atoms. The lowest BCUT2D eigenvalue weighted by Crippen LogP contribution is -2.15. The van der Waals surface area contributed by atoms with Gasteiger partial charge in [0.1, 0.15) is 11.6 Å². The van der Waals surface area contributed by atoms with E-state index in [1.54, 1.807) is 19.2 Å². The van der Waals surface area contributed by atoms with Crippen LogP contribution in [0.25, 0.3) is 5.69 Å². The van der Waals surface area contributed by atoms with Crippen molar-refractivity contribution >= 4 is 35.0 Å². The van der Waals surface area contributed by atoms with Crippen LogP contribution in [0.1, 0.15) is 11.4 Å². The van der Waals surface area contributed by atoms with Gasteiger partial charge in [-0.2, -0.15) is 0 Å². The molecule has 1 amide bonds. The summed E-state index contributed by atoms with van der Waals surface area (Å²) in [7, 11) is 1.63. The van der Waals surface area contributed by atoms with Crippen LogP contribution in [0.5, 0.6) is 5.75 Å². The second kappa shape index (κ2) is 10.3. The third kappa shape index (κ3) is 5.12. The Bertz CT molecular complexity index is 1210. The molecule has 0 unspecified atom stereocenters. The van der Waals surface area contributed by atoms with Crippen molar-refractivity contribution in [3.63, 3.8) is 0 Å². The van der Waals surface area contributed by atoms with Crippen LogP contribution in [-0.2, 0) is 11.2 Å². The SMILES string of the molecule is COc1ccccc1-n1c(Cc2ccccc2)nnc1SCC(=O)Nc1ccccc1Cl. The van der Waals surface area contributed by atoms with E-state index in [-0.39, 0.29) is 11.7 Å². The Morgan fingerprint density at radius 3 is 2.50 bits per heavy atom. The molecular weight excluding hydrogens is 444 g/mol. The maximum Gasteiger partial charge on any atom is 0.234 e. The molecule has 4 aromatic rings. The van der Waals surface area contributed by atoms with Gasteiger partial charge in [0.05, 0.1) is 29.3 Å². The molecule has 0 aliphatic rings. The molecular formula is C24H21ClN4O2S. The number of methoxy groups -OCH3 is 1. The maximum atomic E-state index is 12.5. The lowest BCUT2D eigenvalue weighted by molar-refractivity contribution is -0.113. The minimum absolute atomic E-state index is 0.157. The van der Waals surface area contributed by atoms with Gasteiger partial charge in [-0.1, -0.05) is 78.0 Å². The summed E-state index contributed by atoms with van der Waals surface area (Å²) < 4.78 is 7.51. The number of thioether (sulfide) groups is 1. The number of para-hydroxylation sites is 3. The van der Waals surface area contributed by atoms with Crippen LogP contribution in [-0.4, -0.2) is 33.5 Å². The van der Waals surface area contributed by atoms with Crippen molar-refractivity contribution in [2.75, 3.05) is 18.2 Å². The minimum Gasteiger partial charge on any atom is -0.495 e. The number of nitrogens with one attached hydrogen (secondary N) is 1. The van der Waals surface area contributed by atoms with Crippen LogP contribution < -0.4 is 10.1 Å². The molecule has 0 radical (unpaired) electrons. The molecule has 162 valence electrons. The molecule has 1 heterocycles. The van der Waals surface area contributed by atoms with Crippen molar-refractivity contribution < 1.29 is 9.53 Å². The first-order valence-electron chi connectivity index (χ1n) is 9.94. The van der Waals surface area contributed by atoms with Gasteiger partial charge in [-0.3, -0.25) is 9.36 Å². The van der Waals surface area contributed by atoms with Crippen LogP contribution in [0.2, 0.25) is 5.02 Å². The lowest BCUT2D eigenvalue weighted by Gasteiger charge is -2.14. The predicted octanol–water partition coefficient (Wildman–Crippen LogP) is 5.25. The Kier molecular flexibility index (Phi) is 7.09. The Balaban J connectivity index is 1.60. The van der Waals surface area contributed by atoms with E-state index >= 15 is 0 Å². The zero-order chi connectivity index (χ0) is 22.3. The average molecular weight is 465 g/mol. The van der Waals surface area contributed by atoms with Crippen molar-refractivity contribution in [3.05, 3.63) is 95.3 Å². The smallest absolute Gasteiger partial charge is 0.234 e. The maximum absolute atomic E-state index is 12.5. The highest BCUT2D eigenvalue weighted by Crippen LogP contribution is 2.30. The molecule has 4 rings (SSSR count). The Hall–Kier alpha value is -3.29. The van der Waals surface area contributed by atoms with E-state index in [1.807, 2.05) is 71.3 Å². The second-order valence-corrected chi connectivity index (χ2v) is 8.23. The van der Waals surface area contributed by atoms with E-state index in [2.05, 4.69) is 15.5 Å². The number of aromatic nitrogens is 3. The first-order chi connectivity index (χ1) is 15.7. The highest BCUT2D eigenvalue weighted by atomic mass is 35.5. The number of carbonyl (C=O) groups excluding carboxylic acids is 1. The van der Waals surface area contributed by atoms with Gasteiger partial charge >= 0.3 is 0 Å². The van der Waals surface area contributed by atoms with Gasteiger partial charge in [0, 0.05) is 6.42 Å². The summed E-state index contributed by atoms with van der Waals surface area (Å²) in [4.78, 5) is 12.5. The van der Waals surface area contributed by atoms with Crippen LogP contribution in [0.3, 0.4) is 0 Å². The molecule has 0 saturated carbocycles. The van der Waals surface area contributed by atoms with E-state index in [0.717, 1.165) is 17.1 Å². The van der Waals surface area contributed by atoms with Crippen molar-refractivity contribution in [2.45, 2.75) is 11.6 Å². The first kappa shape index (κ1) is 21.9. The number of halogens is 1. The third-order valence-electron chi connectivity index (χ3n) is 4.71. The summed E-state index contributed by atoms with van der Waals surface area (Å²) in [6, 6.07) is 24.9. The molecule has 8 heteroatoms. The van der Waals surface area contributed by atoms with Crippen molar-refractivity contribution in [1.29, 1.82) is 0 Å². The number of amides is 1. The fraction of sp³-hybridized carbons (Fsp3) is 0.125. The number of nitrogens with zero attached hydrogens (tertiary/aromatic N) is 3. The number of hydrogen-bond acceptors (Lipinski definition) is 5. The third-order valence-corrected chi connectivity index (χ3v) is 5.97. The monoisotopic (exact) mass is 464 g/mol. The van der Waals surface area contributed by atoms with Gasteiger partial charge in [0.25, 0.3) is 0 Å². The Morgan fingerprint density at radius 2 is 1.72 bits per heavy atom. The number of ether oxygens (including phenoxy) is 1. The molecule has 32 heavy (non-hydrogen) atoms. The van der Waals surface area contributed by atoms with E-state index in [1.165, 1.54) is 11.8 Å². The zero-order valence-electron chi connectivity index (χ0n) is 17.4. The quantitative estimate of drug-likeness (QED) is 0.360. The van der Waals surface area contributed by atoms with E-state index in [0.29, 0.717) is 28.0 Å². The minimum atomic E-state index is -0.178. The number of carbonyl (C=O) groups is 1. The molecule has 6 nitrogen and oxygen atoms in total. The molecule has 0 aliphatic carbocycles. The molecule has 0 saturated heterocycles. The fourth-order valence-electron chi connectivity index (χ4n) is 3.22. The van der Waals surface area contributed by atoms with Gasteiger partial charge < -0.3 is 10.1 Å². The molecule has 0 bridgehead atoms. The molecule has 0 aliphatic heterocycles. The standard InChI is InChI=1S/C24H21ClN4O2S/c1-31-21-14-8-7-13-20(21)29-22(15-17-9-3-2-4-10-17)27-28-24(29)32-16-23(30)26-19-12-6-5-11-18(19)25/h2-14H,15-16H2,1H3,(H,26,30). The number of rotatable bonds is 8. The fourth-order valence-corrected chi connectivity index (χ4v) is 4.17. The average Bonchev–Trinajstić information content (AvgIpc) is 3.22. The van der Waals surface area contributed by atoms with Crippen LogP contribution in [0.15, 0.2) is 84.0 Å². The van der Waals surface area contributed by atoms with Gasteiger partial charge in [-0.05, 0) is 29.8 Å². The number of benzene rings is 3. The first-order valence-corrected chi connectivity index (χ1v) is 11.3. The van der Waals surface area contributed by atoms with Gasteiger partial charge in [-0.25, -0.2) is 0 Å². The van der Waals surface area contributed by atoms with E-state index < -0.39 is 0 Å². The molecule has 1 aromatic heterocycles. The summed E-state index contributed by atoms with van der Waals surface area (Å²) in [5.41, 5.74) is 2.51. The number of anilines is 1. The summed E-state index contributed by atoms with van der Waals surface area (Å²) in [5.74, 6) is 1.44. The summed E-state index contributed by atoms with van der Waals surface area (Å²) in [5, 5.41) is 12.7. The summed E-state index contributed by atoms with van der Waals surface area (Å²) in [6.45, 7) is 0. The van der Waals surface area contributed by atoms with Crippen molar-refractivity contribution in [2.24, 2.45) is 0 Å². The zero-order valence-corrected chi connectivity index (χ0v) is 18.9. The number of hydrogen-bond donors (Lipinski definition) is 1. The highest BCUT2D eigenvalue weighted by molar-refractivity contribution is 7.99. The van der Waals surface area contributed by atoms with Gasteiger partial charge in [0.2, 0.25) is 5.91 Å². The van der Waals surface area contributed by atoms with E-state index in [9.17, 15) is 4.79 Å². The molecule has 3 aromatic carbocycles. The Labute approximate surface area is 195 Å². The normalized spacial score (nSPS) is 10.7. The summed E-state index contributed by atoms with van der Waals surface area (Å²) in [6.07, 6.45) is 0.596. The van der Waals surface area contributed by atoms with Crippen LogP contribution in [0.4, 0.5) is 5.69 Å². The van der Waals surface area contributed by atoms with E-state index in [4.69, 9.17) is 16.3 Å². The largest absolute Gasteiger partial charge is 0.495 e. The predicted molar refractivity (Wildman–Crippen MR) is 128 cm³/mol. The Morgan fingerprint density at radius 1 is 1.00 bits per heavy atom.